The normalized spacial score (nSPS) is 30.4. The standard InChI is InChI=1S/C9H13NOS/c1-7-6-11-8(5-10-7)9-3-2-4-12-9/h2-4,7-8,10H,5-6H2,1H3. The Bertz CT molecular complexity index is 227. The van der Waals surface area contributed by atoms with Gasteiger partial charge in [-0.1, -0.05) is 6.07 Å². The Hall–Kier alpha value is -0.380. The van der Waals surface area contributed by atoms with E-state index in [4.69, 9.17) is 4.74 Å². The van der Waals surface area contributed by atoms with E-state index >= 15 is 0 Å². The van der Waals surface area contributed by atoms with Crippen molar-refractivity contribution in [1.29, 1.82) is 0 Å². The van der Waals surface area contributed by atoms with Gasteiger partial charge >= 0.3 is 0 Å². The fourth-order valence-corrected chi connectivity index (χ4v) is 2.12. The van der Waals surface area contributed by atoms with Crippen LogP contribution in [-0.4, -0.2) is 19.2 Å². The molecule has 1 N–H and O–H groups in total. The van der Waals surface area contributed by atoms with Crippen molar-refractivity contribution in [2.45, 2.75) is 19.1 Å². The molecule has 2 nitrogen and oxygen atoms in total. The molecule has 1 aliphatic rings. The number of rotatable bonds is 1. The van der Waals surface area contributed by atoms with Crippen molar-refractivity contribution in [3.63, 3.8) is 0 Å². The maximum atomic E-state index is 5.68. The molecule has 1 fully saturated rings. The molecule has 0 aromatic carbocycles. The van der Waals surface area contributed by atoms with Gasteiger partial charge in [0.1, 0.15) is 6.10 Å². The summed E-state index contributed by atoms with van der Waals surface area (Å²) in [7, 11) is 0. The van der Waals surface area contributed by atoms with Gasteiger partial charge in [0, 0.05) is 17.5 Å². The number of hydrogen-bond acceptors (Lipinski definition) is 3. The summed E-state index contributed by atoms with van der Waals surface area (Å²) < 4.78 is 5.68. The molecule has 0 spiro atoms. The molecule has 1 aromatic heterocycles. The minimum Gasteiger partial charge on any atom is -0.370 e. The van der Waals surface area contributed by atoms with Crippen LogP contribution in [0.15, 0.2) is 17.5 Å². The second kappa shape index (κ2) is 3.56. The lowest BCUT2D eigenvalue weighted by Gasteiger charge is -2.27. The average molecular weight is 183 g/mol. The van der Waals surface area contributed by atoms with Crippen molar-refractivity contribution in [2.75, 3.05) is 13.2 Å². The maximum Gasteiger partial charge on any atom is 0.104 e. The highest BCUT2D eigenvalue weighted by molar-refractivity contribution is 7.10. The Labute approximate surface area is 76.6 Å². The van der Waals surface area contributed by atoms with Crippen LogP contribution < -0.4 is 5.32 Å². The zero-order chi connectivity index (χ0) is 8.39. The summed E-state index contributed by atoms with van der Waals surface area (Å²) >= 11 is 1.77. The molecule has 0 radical (unpaired) electrons. The number of nitrogens with one attached hydrogen (secondary N) is 1. The van der Waals surface area contributed by atoms with Gasteiger partial charge in [0.05, 0.1) is 6.61 Å². The molecule has 66 valence electrons. The molecule has 2 heterocycles. The number of thiophene rings is 1. The Kier molecular flexibility index (Phi) is 2.44. The van der Waals surface area contributed by atoms with Crippen molar-refractivity contribution in [2.24, 2.45) is 0 Å². The van der Waals surface area contributed by atoms with Gasteiger partial charge in [0.15, 0.2) is 0 Å². The largest absolute Gasteiger partial charge is 0.370 e. The summed E-state index contributed by atoms with van der Waals surface area (Å²) in [6.07, 6.45) is 0.279. The number of morpholine rings is 1. The topological polar surface area (TPSA) is 21.3 Å². The van der Waals surface area contributed by atoms with Crippen LogP contribution in [0.5, 0.6) is 0 Å². The predicted octanol–water partition coefficient (Wildman–Crippen LogP) is 1.80. The van der Waals surface area contributed by atoms with Crippen molar-refractivity contribution in [1.82, 2.24) is 5.32 Å². The van der Waals surface area contributed by atoms with Gasteiger partial charge in [-0.05, 0) is 18.4 Å². The van der Waals surface area contributed by atoms with E-state index in [0.717, 1.165) is 13.2 Å². The minimum absolute atomic E-state index is 0.279. The highest BCUT2D eigenvalue weighted by Gasteiger charge is 2.19. The lowest BCUT2D eigenvalue weighted by atomic mass is 10.2. The van der Waals surface area contributed by atoms with Crippen molar-refractivity contribution in [3.8, 4) is 0 Å². The second-order valence-electron chi connectivity index (χ2n) is 3.15. The van der Waals surface area contributed by atoms with Crippen LogP contribution in [0.3, 0.4) is 0 Å². The highest BCUT2D eigenvalue weighted by atomic mass is 32.1. The predicted molar refractivity (Wildman–Crippen MR) is 50.5 cm³/mol. The molecule has 0 bridgehead atoms. The van der Waals surface area contributed by atoms with E-state index in [9.17, 15) is 0 Å². The third-order valence-corrected chi connectivity index (χ3v) is 3.02. The molecule has 12 heavy (non-hydrogen) atoms. The lowest BCUT2D eigenvalue weighted by molar-refractivity contribution is 0.00902. The Morgan fingerprint density at radius 3 is 3.17 bits per heavy atom. The molecule has 0 saturated carbocycles. The van der Waals surface area contributed by atoms with Gasteiger partial charge < -0.3 is 10.1 Å². The monoisotopic (exact) mass is 183 g/mol. The first kappa shape index (κ1) is 8.23. The molecule has 1 saturated heterocycles. The molecule has 2 rings (SSSR count). The number of hydrogen-bond donors (Lipinski definition) is 1. The van der Waals surface area contributed by atoms with Crippen LogP contribution in [0.2, 0.25) is 0 Å². The number of ether oxygens (including phenoxy) is 1. The molecular weight excluding hydrogens is 170 g/mol. The maximum absolute atomic E-state index is 5.68. The van der Waals surface area contributed by atoms with Gasteiger partial charge in [-0.2, -0.15) is 0 Å². The second-order valence-corrected chi connectivity index (χ2v) is 4.13. The van der Waals surface area contributed by atoms with Crippen LogP contribution in [0.25, 0.3) is 0 Å². The van der Waals surface area contributed by atoms with Crippen LogP contribution >= 0.6 is 11.3 Å². The molecule has 2 atom stereocenters. The first-order chi connectivity index (χ1) is 5.86. The third-order valence-electron chi connectivity index (χ3n) is 2.06. The van der Waals surface area contributed by atoms with Crippen LogP contribution in [-0.2, 0) is 4.74 Å². The summed E-state index contributed by atoms with van der Waals surface area (Å²) in [5, 5.41) is 5.50. The SMILES string of the molecule is CC1COC(c2cccs2)CN1. The zero-order valence-electron chi connectivity index (χ0n) is 7.12. The van der Waals surface area contributed by atoms with E-state index < -0.39 is 0 Å². The summed E-state index contributed by atoms with van der Waals surface area (Å²) in [5.41, 5.74) is 0. The molecule has 3 heteroatoms. The summed E-state index contributed by atoms with van der Waals surface area (Å²) in [6, 6.07) is 4.70. The third kappa shape index (κ3) is 1.68. The molecular formula is C9H13NOS. The summed E-state index contributed by atoms with van der Waals surface area (Å²) in [5.74, 6) is 0. The zero-order valence-corrected chi connectivity index (χ0v) is 7.93. The van der Waals surface area contributed by atoms with Gasteiger partial charge in [-0.15, -0.1) is 11.3 Å². The van der Waals surface area contributed by atoms with Crippen molar-refractivity contribution < 1.29 is 4.74 Å². The fraction of sp³-hybridized carbons (Fsp3) is 0.556. The van der Waals surface area contributed by atoms with E-state index in [1.54, 1.807) is 11.3 Å². The first-order valence-electron chi connectivity index (χ1n) is 4.24. The molecule has 0 aliphatic carbocycles. The average Bonchev–Trinajstić information content (AvgIpc) is 2.58. The Morgan fingerprint density at radius 1 is 1.67 bits per heavy atom. The first-order valence-corrected chi connectivity index (χ1v) is 5.12. The molecule has 0 amide bonds. The van der Waals surface area contributed by atoms with E-state index in [0.29, 0.717) is 6.04 Å². The van der Waals surface area contributed by atoms with Crippen LogP contribution in [0.1, 0.15) is 17.9 Å². The van der Waals surface area contributed by atoms with Gasteiger partial charge in [-0.3, -0.25) is 0 Å². The fourth-order valence-electron chi connectivity index (χ4n) is 1.34. The summed E-state index contributed by atoms with van der Waals surface area (Å²) in [4.78, 5) is 1.33. The van der Waals surface area contributed by atoms with Crippen molar-refractivity contribution in [3.05, 3.63) is 22.4 Å². The minimum atomic E-state index is 0.279. The molecule has 1 aromatic rings. The van der Waals surface area contributed by atoms with Crippen molar-refractivity contribution >= 4 is 11.3 Å². The Balaban J connectivity index is 1.99. The van der Waals surface area contributed by atoms with Gasteiger partial charge in [0.25, 0.3) is 0 Å². The van der Waals surface area contributed by atoms with E-state index in [2.05, 4.69) is 29.8 Å². The molecule has 1 aliphatic heterocycles. The van der Waals surface area contributed by atoms with Gasteiger partial charge in [-0.25, -0.2) is 0 Å². The smallest absolute Gasteiger partial charge is 0.104 e. The van der Waals surface area contributed by atoms with E-state index in [1.807, 2.05) is 0 Å². The van der Waals surface area contributed by atoms with Crippen LogP contribution in [0.4, 0.5) is 0 Å². The highest BCUT2D eigenvalue weighted by Crippen LogP contribution is 2.23. The quantitative estimate of drug-likeness (QED) is 0.717. The molecule has 2 unspecified atom stereocenters. The summed E-state index contributed by atoms with van der Waals surface area (Å²) in [6.45, 7) is 3.91. The Morgan fingerprint density at radius 2 is 2.58 bits per heavy atom. The van der Waals surface area contributed by atoms with Crippen LogP contribution in [0, 0.1) is 0 Å². The van der Waals surface area contributed by atoms with Gasteiger partial charge in [0.2, 0.25) is 0 Å². The lowest BCUT2D eigenvalue weighted by Crippen LogP contribution is -2.40. The van der Waals surface area contributed by atoms with E-state index in [-0.39, 0.29) is 6.10 Å². The van der Waals surface area contributed by atoms with E-state index in [1.165, 1.54) is 4.88 Å².